The van der Waals surface area contributed by atoms with Crippen LogP contribution in [0.1, 0.15) is 46.0 Å². The highest BCUT2D eigenvalue weighted by Crippen LogP contribution is 2.77. The van der Waals surface area contributed by atoms with Gasteiger partial charge in [-0.3, -0.25) is 9.63 Å². The maximum atomic E-state index is 11.9. The number of hydrogen-bond acceptors (Lipinski definition) is 4. The highest BCUT2D eigenvalue weighted by molar-refractivity contribution is 5.78. The predicted octanol–water partition coefficient (Wildman–Crippen LogP) is 1.89. The van der Waals surface area contributed by atoms with Crippen LogP contribution in [0.2, 0.25) is 0 Å². The molecule has 2 spiro atoms. The van der Waals surface area contributed by atoms with Crippen LogP contribution >= 0.6 is 0 Å². The van der Waals surface area contributed by atoms with Gasteiger partial charge < -0.3 is 4.74 Å². The van der Waals surface area contributed by atoms with E-state index >= 15 is 0 Å². The van der Waals surface area contributed by atoms with E-state index in [1.807, 2.05) is 0 Å². The third-order valence-corrected chi connectivity index (χ3v) is 5.82. The summed E-state index contributed by atoms with van der Waals surface area (Å²) in [6.07, 6.45) is 5.51. The van der Waals surface area contributed by atoms with Gasteiger partial charge in [-0.25, -0.2) is 0 Å². The van der Waals surface area contributed by atoms with Gasteiger partial charge in [0.25, 0.3) is 0 Å². The Morgan fingerprint density at radius 3 is 2.67 bits per heavy atom. The standard InChI is InChI=1S/C14H21NO3/c1-12(2)5-4-10-14(8-9(14)11(16)17-3)13(6-7-13)18-15(10)12/h9-10H,4-8H2,1-3H3/t9-,10-,14-/m1/s1. The minimum absolute atomic E-state index is 0.0196. The van der Waals surface area contributed by atoms with Crippen LogP contribution in [-0.4, -0.2) is 35.3 Å². The molecular formula is C14H21NO3. The van der Waals surface area contributed by atoms with Crippen LogP contribution in [-0.2, 0) is 14.4 Å². The Morgan fingerprint density at radius 2 is 2.06 bits per heavy atom. The van der Waals surface area contributed by atoms with Gasteiger partial charge in [-0.2, -0.15) is 5.06 Å². The maximum Gasteiger partial charge on any atom is 0.309 e. The molecule has 2 aliphatic carbocycles. The SMILES string of the molecule is COC(=O)[C@H]1C[C@]12[C@H]1CCC(C)(C)N1OC21CC1. The minimum atomic E-state index is -0.0311. The summed E-state index contributed by atoms with van der Waals surface area (Å²) >= 11 is 0. The molecule has 2 saturated heterocycles. The van der Waals surface area contributed by atoms with Crippen LogP contribution in [0, 0.1) is 11.3 Å². The zero-order valence-electron chi connectivity index (χ0n) is 11.4. The topological polar surface area (TPSA) is 38.8 Å². The fraction of sp³-hybridized carbons (Fsp3) is 0.929. The number of nitrogens with zero attached hydrogens (tertiary/aromatic N) is 1. The van der Waals surface area contributed by atoms with Crippen molar-refractivity contribution in [1.29, 1.82) is 0 Å². The van der Waals surface area contributed by atoms with Crippen molar-refractivity contribution in [1.82, 2.24) is 5.06 Å². The molecule has 4 aliphatic rings. The van der Waals surface area contributed by atoms with Gasteiger partial charge in [0.2, 0.25) is 0 Å². The van der Waals surface area contributed by atoms with Crippen molar-refractivity contribution in [2.75, 3.05) is 7.11 Å². The summed E-state index contributed by atoms with van der Waals surface area (Å²) in [6.45, 7) is 4.50. The van der Waals surface area contributed by atoms with Crippen LogP contribution in [0.25, 0.3) is 0 Å². The molecule has 0 radical (unpaired) electrons. The number of carbonyl (C=O) groups is 1. The van der Waals surface area contributed by atoms with Crippen molar-refractivity contribution >= 4 is 5.97 Å². The third-order valence-electron chi connectivity index (χ3n) is 5.82. The number of methoxy groups -OCH3 is 1. The summed E-state index contributed by atoms with van der Waals surface area (Å²) in [5.41, 5.74) is 0.176. The molecule has 0 amide bonds. The number of ether oxygens (including phenoxy) is 1. The number of esters is 1. The van der Waals surface area contributed by atoms with Gasteiger partial charge in [-0.1, -0.05) is 0 Å². The summed E-state index contributed by atoms with van der Waals surface area (Å²) in [7, 11) is 1.50. The van der Waals surface area contributed by atoms with Crippen molar-refractivity contribution < 1.29 is 14.4 Å². The van der Waals surface area contributed by atoms with Crippen LogP contribution in [0.3, 0.4) is 0 Å². The molecule has 100 valence electrons. The zero-order chi connectivity index (χ0) is 12.8. The molecule has 4 fully saturated rings. The quantitative estimate of drug-likeness (QED) is 0.667. The number of hydroxylamine groups is 2. The molecule has 0 N–H and O–H groups in total. The van der Waals surface area contributed by atoms with Crippen LogP contribution in [0.15, 0.2) is 0 Å². The van der Waals surface area contributed by atoms with E-state index in [1.54, 1.807) is 0 Å². The Bertz CT molecular complexity index is 429. The summed E-state index contributed by atoms with van der Waals surface area (Å²) < 4.78 is 4.97. The van der Waals surface area contributed by atoms with E-state index in [4.69, 9.17) is 9.57 Å². The highest BCUT2D eigenvalue weighted by atomic mass is 16.7. The van der Waals surface area contributed by atoms with Gasteiger partial charge >= 0.3 is 5.97 Å². The van der Waals surface area contributed by atoms with Crippen LogP contribution in [0.4, 0.5) is 0 Å². The van der Waals surface area contributed by atoms with E-state index in [0.29, 0.717) is 6.04 Å². The smallest absolute Gasteiger partial charge is 0.309 e. The van der Waals surface area contributed by atoms with Crippen molar-refractivity contribution in [3.8, 4) is 0 Å². The lowest BCUT2D eigenvalue weighted by Crippen LogP contribution is -2.40. The predicted molar refractivity (Wildman–Crippen MR) is 64.5 cm³/mol. The molecule has 18 heavy (non-hydrogen) atoms. The third kappa shape index (κ3) is 1.04. The Balaban J connectivity index is 1.70. The van der Waals surface area contributed by atoms with E-state index in [1.165, 1.54) is 7.11 Å². The first kappa shape index (κ1) is 11.2. The van der Waals surface area contributed by atoms with E-state index in [0.717, 1.165) is 32.1 Å². The van der Waals surface area contributed by atoms with Crippen molar-refractivity contribution in [2.45, 2.75) is 63.1 Å². The van der Waals surface area contributed by atoms with E-state index in [-0.39, 0.29) is 28.4 Å². The first-order chi connectivity index (χ1) is 8.47. The average Bonchev–Trinajstić information content (AvgIpc) is 3.16. The Kier molecular flexibility index (Phi) is 1.83. The lowest BCUT2D eigenvalue weighted by atomic mass is 9.85. The van der Waals surface area contributed by atoms with Gasteiger partial charge in [-0.05, 0) is 46.0 Å². The van der Waals surface area contributed by atoms with Gasteiger partial charge in [-0.15, -0.1) is 0 Å². The van der Waals surface area contributed by atoms with Gasteiger partial charge in [0.05, 0.1) is 18.6 Å². The summed E-state index contributed by atoms with van der Waals surface area (Å²) in [5.74, 6) is 0.0466. The Hall–Kier alpha value is -0.610. The molecule has 0 unspecified atom stereocenters. The molecule has 2 saturated carbocycles. The number of rotatable bonds is 1. The monoisotopic (exact) mass is 251 g/mol. The lowest BCUT2D eigenvalue weighted by Gasteiger charge is -2.29. The second-order valence-electron chi connectivity index (χ2n) is 7.10. The van der Waals surface area contributed by atoms with E-state index < -0.39 is 0 Å². The lowest BCUT2D eigenvalue weighted by molar-refractivity contribution is -0.208. The molecule has 2 aliphatic heterocycles. The molecule has 4 heteroatoms. The van der Waals surface area contributed by atoms with Gasteiger partial charge in [0.1, 0.15) is 0 Å². The van der Waals surface area contributed by atoms with Crippen LogP contribution < -0.4 is 0 Å². The van der Waals surface area contributed by atoms with E-state index in [9.17, 15) is 4.79 Å². The Morgan fingerprint density at radius 1 is 1.33 bits per heavy atom. The highest BCUT2D eigenvalue weighted by Gasteiger charge is 2.84. The second kappa shape index (κ2) is 2.93. The number of carbonyl (C=O) groups excluding carboxylic acids is 1. The summed E-state index contributed by atoms with van der Waals surface area (Å²) in [6, 6.07) is 0.430. The molecule has 0 aromatic carbocycles. The van der Waals surface area contributed by atoms with Crippen molar-refractivity contribution in [3.63, 3.8) is 0 Å². The van der Waals surface area contributed by atoms with Crippen molar-refractivity contribution in [3.05, 3.63) is 0 Å². The van der Waals surface area contributed by atoms with Gasteiger partial charge in [0, 0.05) is 17.0 Å². The van der Waals surface area contributed by atoms with Crippen molar-refractivity contribution in [2.24, 2.45) is 11.3 Å². The molecule has 0 aromatic rings. The summed E-state index contributed by atoms with van der Waals surface area (Å²) in [5, 5.41) is 2.23. The average molecular weight is 251 g/mol. The molecular weight excluding hydrogens is 230 g/mol. The molecule has 2 heterocycles. The largest absolute Gasteiger partial charge is 0.469 e. The van der Waals surface area contributed by atoms with E-state index in [2.05, 4.69) is 18.9 Å². The first-order valence-corrected chi connectivity index (χ1v) is 7.03. The molecule has 0 aromatic heterocycles. The fourth-order valence-corrected chi connectivity index (χ4v) is 4.63. The van der Waals surface area contributed by atoms with Crippen LogP contribution in [0.5, 0.6) is 0 Å². The second-order valence-corrected chi connectivity index (χ2v) is 7.10. The molecule has 4 rings (SSSR count). The minimum Gasteiger partial charge on any atom is -0.469 e. The zero-order valence-corrected chi connectivity index (χ0v) is 11.4. The van der Waals surface area contributed by atoms with Gasteiger partial charge in [0.15, 0.2) is 0 Å². The normalized spacial score (nSPS) is 46.4. The molecule has 4 nitrogen and oxygen atoms in total. The maximum absolute atomic E-state index is 11.9. The molecule has 0 bridgehead atoms. The Labute approximate surface area is 108 Å². The summed E-state index contributed by atoms with van der Waals surface area (Å²) in [4.78, 5) is 18.2. The first-order valence-electron chi connectivity index (χ1n) is 7.03. The fourth-order valence-electron chi connectivity index (χ4n) is 4.63. The number of fused-ring (bicyclic) bond motifs is 3. The number of hydrogen-bond donors (Lipinski definition) is 0. The molecule has 3 atom stereocenters.